The summed E-state index contributed by atoms with van der Waals surface area (Å²) in [6.07, 6.45) is 2.73. The average molecular weight is 446 g/mol. The number of ketones is 1. The normalized spacial score (nSPS) is 20.4. The first-order valence-electron chi connectivity index (χ1n) is 10.3. The molecule has 1 aliphatic heterocycles. The van der Waals surface area contributed by atoms with Crippen molar-refractivity contribution >= 4 is 11.3 Å². The van der Waals surface area contributed by atoms with Gasteiger partial charge in [-0.2, -0.15) is 13.9 Å². The molecule has 0 amide bonds. The number of methoxy groups -OCH3 is 1. The number of pyridine rings is 1. The van der Waals surface area contributed by atoms with Gasteiger partial charge in [0.05, 0.1) is 32.0 Å². The van der Waals surface area contributed by atoms with Crippen molar-refractivity contribution in [3.05, 3.63) is 47.8 Å². The Morgan fingerprint density at radius 2 is 2.03 bits per heavy atom. The zero-order valence-electron chi connectivity index (χ0n) is 17.3. The minimum Gasteiger partial charge on any atom is -0.496 e. The van der Waals surface area contributed by atoms with Crippen molar-refractivity contribution in [1.82, 2.24) is 9.61 Å². The van der Waals surface area contributed by atoms with E-state index in [1.54, 1.807) is 16.8 Å². The molecule has 0 N–H and O–H groups in total. The third-order valence-corrected chi connectivity index (χ3v) is 6.02. The Morgan fingerprint density at radius 3 is 2.66 bits per heavy atom. The Kier molecular flexibility index (Phi) is 5.28. The predicted molar refractivity (Wildman–Crippen MR) is 109 cm³/mol. The molecule has 1 aliphatic carbocycles. The number of hydrogen-bond donors (Lipinski definition) is 0. The molecule has 6 nitrogen and oxygen atoms in total. The molecule has 2 fully saturated rings. The lowest BCUT2D eigenvalue weighted by Crippen LogP contribution is -2.25. The summed E-state index contributed by atoms with van der Waals surface area (Å²) in [5, 5.41) is 4.39. The Balaban J connectivity index is 1.55. The van der Waals surface area contributed by atoms with Gasteiger partial charge in [0.15, 0.2) is 5.78 Å². The van der Waals surface area contributed by atoms with Crippen molar-refractivity contribution in [2.75, 3.05) is 20.3 Å². The zero-order valence-corrected chi connectivity index (χ0v) is 17.3. The van der Waals surface area contributed by atoms with Crippen molar-refractivity contribution < 1.29 is 32.2 Å². The van der Waals surface area contributed by atoms with E-state index in [9.17, 15) is 18.0 Å². The molecule has 2 aliphatic rings. The number of aromatic nitrogens is 2. The van der Waals surface area contributed by atoms with Crippen LogP contribution in [0.25, 0.3) is 16.6 Å². The summed E-state index contributed by atoms with van der Waals surface area (Å²) in [5.41, 5.74) is 2.95. The van der Waals surface area contributed by atoms with Gasteiger partial charge in [-0.1, -0.05) is 6.07 Å². The summed E-state index contributed by atoms with van der Waals surface area (Å²) in [6, 6.07) is 6.87. The maximum Gasteiger partial charge on any atom is 0.387 e. The molecular weight excluding hydrogens is 425 g/mol. The summed E-state index contributed by atoms with van der Waals surface area (Å²) in [5.74, 6) is -0.735. The predicted octanol–water partition coefficient (Wildman–Crippen LogP) is 4.66. The topological polar surface area (TPSA) is 62.1 Å². The van der Waals surface area contributed by atoms with Crippen LogP contribution < -0.4 is 9.47 Å². The number of rotatable bonds is 8. The number of alkyl halides is 3. The van der Waals surface area contributed by atoms with Crippen molar-refractivity contribution in [1.29, 1.82) is 0 Å². The van der Waals surface area contributed by atoms with Crippen LogP contribution in [0.15, 0.2) is 36.7 Å². The number of fused-ring (bicyclic) bond motifs is 1. The number of nitrogens with zero attached hydrogens (tertiary/aromatic N) is 2. The van der Waals surface area contributed by atoms with E-state index in [4.69, 9.17) is 14.2 Å². The minimum absolute atomic E-state index is 0.0825. The Labute approximate surface area is 181 Å². The lowest BCUT2D eigenvalue weighted by atomic mass is 9.97. The molecule has 3 heterocycles. The first-order valence-corrected chi connectivity index (χ1v) is 10.3. The maximum absolute atomic E-state index is 13.3. The quantitative estimate of drug-likeness (QED) is 0.471. The van der Waals surface area contributed by atoms with E-state index in [0.717, 1.165) is 11.1 Å². The molecule has 1 aromatic carbocycles. The third-order valence-electron chi connectivity index (χ3n) is 6.02. The van der Waals surface area contributed by atoms with Crippen molar-refractivity contribution in [2.24, 2.45) is 5.92 Å². The zero-order chi connectivity index (χ0) is 22.4. The monoisotopic (exact) mass is 446 g/mol. The van der Waals surface area contributed by atoms with Gasteiger partial charge in [-0.3, -0.25) is 4.79 Å². The summed E-state index contributed by atoms with van der Waals surface area (Å²) < 4.78 is 56.6. The van der Waals surface area contributed by atoms with Crippen LogP contribution >= 0.6 is 0 Å². The lowest BCUT2D eigenvalue weighted by Gasteiger charge is -2.26. The molecule has 0 spiro atoms. The highest BCUT2D eigenvalue weighted by molar-refractivity contribution is 6.03. The molecular formula is C23H21F3N2O4. The number of benzene rings is 1. The molecule has 32 heavy (non-hydrogen) atoms. The minimum atomic E-state index is -3.13. The largest absolute Gasteiger partial charge is 0.496 e. The molecule has 5 rings (SSSR count). The van der Waals surface area contributed by atoms with E-state index in [1.165, 1.54) is 13.2 Å². The van der Waals surface area contributed by atoms with Gasteiger partial charge in [-0.15, -0.1) is 0 Å². The SMILES string of the molecule is COc1cc(-c2cnn3cc(C4COC4)ccc23)cc(OC(F)F)c1C(=O)C[C@@H]1C[C@@H]1F. The number of Topliss-reactive ketones (excluding diaryl/α,β-unsaturated/α-hetero) is 1. The van der Waals surface area contributed by atoms with Gasteiger partial charge in [0.25, 0.3) is 0 Å². The number of carbonyl (C=O) groups is 1. The van der Waals surface area contributed by atoms with Crippen LogP contribution in [-0.2, 0) is 4.74 Å². The fraction of sp³-hybridized carbons (Fsp3) is 0.391. The summed E-state index contributed by atoms with van der Waals surface area (Å²) in [7, 11) is 1.35. The third kappa shape index (κ3) is 3.81. The average Bonchev–Trinajstić information content (AvgIpc) is 3.24. The highest BCUT2D eigenvalue weighted by Gasteiger charge is 2.40. The van der Waals surface area contributed by atoms with Crippen LogP contribution in [0.5, 0.6) is 11.5 Å². The summed E-state index contributed by atoms with van der Waals surface area (Å²) >= 11 is 0. The van der Waals surface area contributed by atoms with Crippen LogP contribution in [0, 0.1) is 5.92 Å². The van der Waals surface area contributed by atoms with Crippen LogP contribution in [-0.4, -0.2) is 48.5 Å². The molecule has 1 saturated carbocycles. The Hall–Kier alpha value is -3.07. The van der Waals surface area contributed by atoms with Gasteiger partial charge in [-0.25, -0.2) is 8.91 Å². The number of carbonyl (C=O) groups excluding carboxylic acids is 1. The highest BCUT2D eigenvalue weighted by Crippen LogP contribution is 2.42. The number of ether oxygens (including phenoxy) is 3. The van der Waals surface area contributed by atoms with Crippen molar-refractivity contribution in [2.45, 2.75) is 31.5 Å². The van der Waals surface area contributed by atoms with Crippen LogP contribution in [0.1, 0.15) is 34.7 Å². The van der Waals surface area contributed by atoms with Gasteiger partial charge in [-0.05, 0) is 35.7 Å². The van der Waals surface area contributed by atoms with Crippen LogP contribution in [0.2, 0.25) is 0 Å². The Morgan fingerprint density at radius 1 is 1.28 bits per heavy atom. The molecule has 2 aromatic heterocycles. The van der Waals surface area contributed by atoms with Gasteiger partial charge in [0.2, 0.25) is 0 Å². The summed E-state index contributed by atoms with van der Waals surface area (Å²) in [4.78, 5) is 12.8. The van der Waals surface area contributed by atoms with Crippen LogP contribution in [0.4, 0.5) is 13.2 Å². The molecule has 9 heteroatoms. The fourth-order valence-corrected chi connectivity index (χ4v) is 4.02. The van der Waals surface area contributed by atoms with E-state index in [1.807, 2.05) is 18.3 Å². The molecule has 1 saturated heterocycles. The molecule has 168 valence electrons. The van der Waals surface area contributed by atoms with Gasteiger partial charge in [0.1, 0.15) is 23.2 Å². The van der Waals surface area contributed by atoms with Gasteiger partial charge >= 0.3 is 6.61 Å². The van der Waals surface area contributed by atoms with Crippen LogP contribution in [0.3, 0.4) is 0 Å². The van der Waals surface area contributed by atoms with E-state index in [2.05, 4.69) is 5.10 Å². The standard InChI is InChI=1S/C23H21F3N2O4/c1-30-20-6-13(7-21(32-23(25)26)22(20)19(29)5-14-4-17(14)24)16-8-27-28-9-12(2-3-18(16)28)15-10-31-11-15/h2-3,6-9,14-15,17,23H,4-5,10-11H2,1H3/t14-,17-/m0/s1. The van der Waals surface area contributed by atoms with E-state index >= 15 is 0 Å². The second kappa shape index (κ2) is 8.12. The maximum atomic E-state index is 13.3. The fourth-order valence-electron chi connectivity index (χ4n) is 4.02. The Bertz CT molecular complexity index is 1180. The smallest absolute Gasteiger partial charge is 0.387 e. The van der Waals surface area contributed by atoms with Gasteiger partial charge < -0.3 is 14.2 Å². The second-order valence-electron chi connectivity index (χ2n) is 8.15. The first-order chi connectivity index (χ1) is 15.4. The molecule has 0 bridgehead atoms. The lowest BCUT2D eigenvalue weighted by molar-refractivity contribution is -0.0502. The van der Waals surface area contributed by atoms with Gasteiger partial charge in [0, 0.05) is 30.0 Å². The number of hydrogen-bond acceptors (Lipinski definition) is 5. The number of halogens is 3. The van der Waals surface area contributed by atoms with E-state index in [0.29, 0.717) is 36.7 Å². The van der Waals surface area contributed by atoms with E-state index in [-0.39, 0.29) is 29.4 Å². The molecule has 0 radical (unpaired) electrons. The molecule has 2 atom stereocenters. The first kappa shape index (κ1) is 20.8. The van der Waals surface area contributed by atoms with Crippen molar-refractivity contribution in [3.63, 3.8) is 0 Å². The van der Waals surface area contributed by atoms with Crippen molar-refractivity contribution in [3.8, 4) is 22.6 Å². The highest BCUT2D eigenvalue weighted by atomic mass is 19.3. The second-order valence-corrected chi connectivity index (χ2v) is 8.15. The summed E-state index contributed by atoms with van der Waals surface area (Å²) in [6.45, 7) is -1.79. The van der Waals surface area contributed by atoms with E-state index < -0.39 is 18.6 Å². The molecule has 3 aromatic rings. The molecule has 0 unspecified atom stereocenters.